The molecule has 1 aromatic rings. The monoisotopic (exact) mass is 234 g/mol. The highest BCUT2D eigenvalue weighted by molar-refractivity contribution is 5.89. The molecule has 1 aliphatic rings. The molecule has 2 N–H and O–H groups in total. The summed E-state index contributed by atoms with van der Waals surface area (Å²) in [5.74, 6) is 0.817. The minimum absolute atomic E-state index is 0.126. The Morgan fingerprint density at radius 1 is 1.35 bits per heavy atom. The lowest BCUT2D eigenvalue weighted by molar-refractivity contribution is 0.240. The van der Waals surface area contributed by atoms with Crippen LogP contribution in [0.5, 0.6) is 5.75 Å². The topological polar surface area (TPSA) is 50.4 Å². The molecule has 2 amide bonds. The predicted octanol–water partition coefficient (Wildman–Crippen LogP) is 2.76. The van der Waals surface area contributed by atoms with E-state index >= 15 is 0 Å². The molecular formula is C13H18N2O2. The van der Waals surface area contributed by atoms with Crippen LogP contribution in [0.3, 0.4) is 0 Å². The highest BCUT2D eigenvalue weighted by Gasteiger charge is 2.19. The zero-order valence-corrected chi connectivity index (χ0v) is 10.0. The van der Waals surface area contributed by atoms with Gasteiger partial charge in [-0.2, -0.15) is 0 Å². The number of carbonyl (C=O) groups is 1. The molecule has 0 heterocycles. The summed E-state index contributed by atoms with van der Waals surface area (Å²) in [7, 11) is 0. The summed E-state index contributed by atoms with van der Waals surface area (Å²) in [4.78, 5) is 11.6. The van der Waals surface area contributed by atoms with Gasteiger partial charge in [-0.3, -0.25) is 0 Å². The number of hydrogen-bond acceptors (Lipinski definition) is 2. The highest BCUT2D eigenvalue weighted by Crippen LogP contribution is 2.19. The Hall–Kier alpha value is -1.71. The van der Waals surface area contributed by atoms with Crippen molar-refractivity contribution < 1.29 is 9.53 Å². The molecule has 0 aromatic heterocycles. The molecule has 1 aromatic carbocycles. The zero-order valence-electron chi connectivity index (χ0n) is 10.0. The lowest BCUT2D eigenvalue weighted by atomic mass is 9.93. The van der Waals surface area contributed by atoms with Gasteiger partial charge in [-0.15, -0.1) is 0 Å². The maximum Gasteiger partial charge on any atom is 0.319 e. The van der Waals surface area contributed by atoms with Crippen LogP contribution >= 0.6 is 0 Å². The Bertz CT molecular complexity index is 372. The molecule has 0 spiro atoms. The summed E-state index contributed by atoms with van der Waals surface area (Å²) in [6.45, 7) is 2.59. The fourth-order valence-corrected chi connectivity index (χ4v) is 1.71. The fraction of sp³-hybridized carbons (Fsp3) is 0.462. The highest BCUT2D eigenvalue weighted by atomic mass is 16.5. The third kappa shape index (κ3) is 3.37. The Morgan fingerprint density at radius 2 is 2.06 bits per heavy atom. The van der Waals surface area contributed by atoms with Crippen molar-refractivity contribution in [3.05, 3.63) is 24.3 Å². The average Bonchev–Trinajstić information content (AvgIpc) is 2.27. The molecule has 17 heavy (non-hydrogen) atoms. The molecule has 1 fully saturated rings. The summed E-state index contributed by atoms with van der Waals surface area (Å²) >= 11 is 0. The van der Waals surface area contributed by atoms with E-state index in [1.165, 1.54) is 6.42 Å². The van der Waals surface area contributed by atoms with Crippen molar-refractivity contribution >= 4 is 11.7 Å². The van der Waals surface area contributed by atoms with E-state index in [1.54, 1.807) is 0 Å². The van der Waals surface area contributed by atoms with E-state index in [1.807, 2.05) is 31.2 Å². The molecule has 0 bridgehead atoms. The number of nitrogens with one attached hydrogen (secondary N) is 2. The fourth-order valence-electron chi connectivity index (χ4n) is 1.71. The lowest BCUT2D eigenvalue weighted by Gasteiger charge is -2.26. The Balaban J connectivity index is 1.82. The number of urea groups is 1. The number of anilines is 1. The maximum atomic E-state index is 11.6. The molecule has 0 saturated heterocycles. The first-order valence-corrected chi connectivity index (χ1v) is 6.08. The number of carbonyl (C=O) groups excluding carboxylic acids is 1. The van der Waals surface area contributed by atoms with Crippen LogP contribution in [0.15, 0.2) is 24.3 Å². The normalized spacial score (nSPS) is 14.9. The van der Waals surface area contributed by atoms with Crippen molar-refractivity contribution in [2.24, 2.45) is 0 Å². The Labute approximate surface area is 101 Å². The third-order valence-corrected chi connectivity index (χ3v) is 2.86. The van der Waals surface area contributed by atoms with Crippen molar-refractivity contribution in [2.45, 2.75) is 32.2 Å². The van der Waals surface area contributed by atoms with Gasteiger partial charge in [0, 0.05) is 11.7 Å². The van der Waals surface area contributed by atoms with Crippen LogP contribution in [0, 0.1) is 0 Å². The number of amides is 2. The molecule has 4 heteroatoms. The van der Waals surface area contributed by atoms with Gasteiger partial charge in [0.2, 0.25) is 0 Å². The van der Waals surface area contributed by atoms with Crippen LogP contribution in [-0.2, 0) is 0 Å². The van der Waals surface area contributed by atoms with Crippen LogP contribution in [0.4, 0.5) is 10.5 Å². The van der Waals surface area contributed by atoms with Gasteiger partial charge < -0.3 is 15.4 Å². The van der Waals surface area contributed by atoms with Gasteiger partial charge in [0.15, 0.2) is 0 Å². The van der Waals surface area contributed by atoms with Crippen LogP contribution < -0.4 is 15.4 Å². The van der Waals surface area contributed by atoms with Crippen LogP contribution in [0.1, 0.15) is 26.2 Å². The Morgan fingerprint density at radius 3 is 2.59 bits per heavy atom. The Kier molecular flexibility index (Phi) is 3.85. The molecule has 0 atom stereocenters. The van der Waals surface area contributed by atoms with E-state index < -0.39 is 0 Å². The molecular weight excluding hydrogens is 216 g/mol. The summed E-state index contributed by atoms with van der Waals surface area (Å²) in [6.07, 6.45) is 3.40. The predicted molar refractivity (Wildman–Crippen MR) is 67.4 cm³/mol. The average molecular weight is 234 g/mol. The SMILES string of the molecule is CCOc1ccc(NC(=O)NC2CCC2)cc1. The van der Waals surface area contributed by atoms with E-state index in [0.717, 1.165) is 24.3 Å². The van der Waals surface area contributed by atoms with Crippen molar-refractivity contribution in [2.75, 3.05) is 11.9 Å². The van der Waals surface area contributed by atoms with E-state index in [9.17, 15) is 4.79 Å². The second-order valence-corrected chi connectivity index (χ2v) is 4.18. The van der Waals surface area contributed by atoms with Gasteiger partial charge in [-0.05, 0) is 50.5 Å². The lowest BCUT2D eigenvalue weighted by Crippen LogP contribution is -2.41. The minimum Gasteiger partial charge on any atom is -0.494 e. The van der Waals surface area contributed by atoms with E-state index in [4.69, 9.17) is 4.74 Å². The van der Waals surface area contributed by atoms with Crippen molar-refractivity contribution in [1.82, 2.24) is 5.32 Å². The number of benzene rings is 1. The number of hydrogen-bond donors (Lipinski definition) is 2. The van der Waals surface area contributed by atoms with Crippen LogP contribution in [-0.4, -0.2) is 18.7 Å². The van der Waals surface area contributed by atoms with Crippen molar-refractivity contribution in [1.29, 1.82) is 0 Å². The second kappa shape index (κ2) is 5.57. The molecule has 92 valence electrons. The zero-order chi connectivity index (χ0) is 12.1. The molecule has 2 rings (SSSR count). The molecule has 0 aliphatic heterocycles. The van der Waals surface area contributed by atoms with E-state index in [2.05, 4.69) is 10.6 Å². The quantitative estimate of drug-likeness (QED) is 0.841. The molecule has 4 nitrogen and oxygen atoms in total. The standard InChI is InChI=1S/C13H18N2O2/c1-2-17-12-8-6-11(7-9-12)15-13(16)14-10-4-3-5-10/h6-10H,2-5H2,1H3,(H2,14,15,16). The number of ether oxygens (including phenoxy) is 1. The summed E-state index contributed by atoms with van der Waals surface area (Å²) in [6, 6.07) is 7.61. The van der Waals surface area contributed by atoms with E-state index in [-0.39, 0.29) is 6.03 Å². The van der Waals surface area contributed by atoms with E-state index in [0.29, 0.717) is 12.6 Å². The van der Waals surface area contributed by atoms with Crippen molar-refractivity contribution in [3.8, 4) is 5.75 Å². The van der Waals surface area contributed by atoms with Gasteiger partial charge in [0.1, 0.15) is 5.75 Å². The molecule has 1 saturated carbocycles. The van der Waals surface area contributed by atoms with Crippen LogP contribution in [0.2, 0.25) is 0 Å². The smallest absolute Gasteiger partial charge is 0.319 e. The van der Waals surface area contributed by atoms with Gasteiger partial charge >= 0.3 is 6.03 Å². The first kappa shape index (κ1) is 11.8. The van der Waals surface area contributed by atoms with Crippen molar-refractivity contribution in [3.63, 3.8) is 0 Å². The third-order valence-electron chi connectivity index (χ3n) is 2.86. The molecule has 0 unspecified atom stereocenters. The van der Waals surface area contributed by atoms with Gasteiger partial charge in [0.05, 0.1) is 6.61 Å². The first-order chi connectivity index (χ1) is 8.28. The largest absolute Gasteiger partial charge is 0.494 e. The summed E-state index contributed by atoms with van der Waals surface area (Å²) < 4.78 is 5.33. The van der Waals surface area contributed by atoms with Gasteiger partial charge in [-0.25, -0.2) is 4.79 Å². The number of rotatable bonds is 4. The van der Waals surface area contributed by atoms with Crippen LogP contribution in [0.25, 0.3) is 0 Å². The summed E-state index contributed by atoms with van der Waals surface area (Å²) in [5.41, 5.74) is 0.783. The van der Waals surface area contributed by atoms with Gasteiger partial charge in [-0.1, -0.05) is 0 Å². The molecule has 1 aliphatic carbocycles. The van der Waals surface area contributed by atoms with Gasteiger partial charge in [0.25, 0.3) is 0 Å². The molecule has 0 radical (unpaired) electrons. The first-order valence-electron chi connectivity index (χ1n) is 6.08. The summed E-state index contributed by atoms with van der Waals surface area (Å²) in [5, 5.41) is 5.73. The minimum atomic E-state index is -0.126. The second-order valence-electron chi connectivity index (χ2n) is 4.18. The maximum absolute atomic E-state index is 11.6.